The third kappa shape index (κ3) is 3.23. The van der Waals surface area contributed by atoms with E-state index in [-0.39, 0.29) is 11.7 Å². The molecule has 4 heteroatoms. The molecule has 0 radical (unpaired) electrons. The summed E-state index contributed by atoms with van der Waals surface area (Å²) in [7, 11) is 1.83. The second-order valence-electron chi connectivity index (χ2n) is 4.93. The first-order chi connectivity index (χ1) is 8.66. The fourth-order valence-corrected chi connectivity index (χ4v) is 2.39. The van der Waals surface area contributed by atoms with Crippen molar-refractivity contribution >= 4 is 5.91 Å². The summed E-state index contributed by atoms with van der Waals surface area (Å²) in [5.41, 5.74) is 0.548. The quantitative estimate of drug-likeness (QED) is 0.851. The summed E-state index contributed by atoms with van der Waals surface area (Å²) in [6.45, 7) is 2.87. The van der Waals surface area contributed by atoms with Crippen molar-refractivity contribution < 1.29 is 9.90 Å². The van der Waals surface area contributed by atoms with E-state index < -0.39 is 0 Å². The number of carbonyl (C=O) groups excluding carboxylic acids is 1. The molecule has 1 heterocycles. The molecule has 2 N–H and O–H groups in total. The average molecular weight is 248 g/mol. The highest BCUT2D eigenvalue weighted by molar-refractivity contribution is 5.94. The van der Waals surface area contributed by atoms with Gasteiger partial charge in [-0.1, -0.05) is 6.07 Å². The zero-order valence-electron chi connectivity index (χ0n) is 10.7. The number of nitrogens with zero attached hydrogens (tertiary/aromatic N) is 1. The highest BCUT2D eigenvalue weighted by Crippen LogP contribution is 2.16. The Kier molecular flexibility index (Phi) is 4.20. The number of nitrogens with one attached hydrogen (secondary N) is 1. The van der Waals surface area contributed by atoms with E-state index in [1.54, 1.807) is 23.1 Å². The van der Waals surface area contributed by atoms with Crippen LogP contribution in [0.25, 0.3) is 0 Å². The Morgan fingerprint density at radius 3 is 2.83 bits per heavy atom. The molecule has 0 saturated carbocycles. The second-order valence-corrected chi connectivity index (χ2v) is 4.93. The third-order valence-electron chi connectivity index (χ3n) is 3.43. The maximum atomic E-state index is 12.2. The van der Waals surface area contributed by atoms with Crippen LogP contribution in [-0.4, -0.2) is 42.6 Å². The molecule has 0 atom stereocenters. The predicted molar refractivity (Wildman–Crippen MR) is 70.7 cm³/mol. The molecule has 1 aliphatic heterocycles. The van der Waals surface area contributed by atoms with Crippen molar-refractivity contribution in [1.29, 1.82) is 0 Å². The van der Waals surface area contributed by atoms with Gasteiger partial charge in [0.05, 0.1) is 0 Å². The minimum absolute atomic E-state index is 0.0237. The summed E-state index contributed by atoms with van der Waals surface area (Å²) in [5, 5.41) is 12.7. The van der Waals surface area contributed by atoms with Crippen LogP contribution in [0.5, 0.6) is 5.75 Å². The van der Waals surface area contributed by atoms with Gasteiger partial charge in [0.1, 0.15) is 5.75 Å². The van der Waals surface area contributed by atoms with Crippen LogP contribution >= 0.6 is 0 Å². The summed E-state index contributed by atoms with van der Waals surface area (Å²) in [6, 6.07) is 6.52. The number of rotatable bonds is 3. The first kappa shape index (κ1) is 12.9. The third-order valence-corrected chi connectivity index (χ3v) is 3.43. The zero-order chi connectivity index (χ0) is 13.0. The molecule has 18 heavy (non-hydrogen) atoms. The summed E-state index contributed by atoms with van der Waals surface area (Å²) in [4.78, 5) is 13.9. The van der Waals surface area contributed by atoms with E-state index in [1.165, 1.54) is 6.07 Å². The molecular formula is C14H20N2O2. The lowest BCUT2D eigenvalue weighted by Crippen LogP contribution is -2.37. The molecule has 1 fully saturated rings. The maximum Gasteiger partial charge on any atom is 0.253 e. The lowest BCUT2D eigenvalue weighted by atomic mass is 9.97. The number of piperidine rings is 1. The van der Waals surface area contributed by atoms with Gasteiger partial charge in [-0.3, -0.25) is 4.79 Å². The number of phenols is 1. The lowest BCUT2D eigenvalue weighted by molar-refractivity contribution is 0.0762. The number of aromatic hydroxyl groups is 1. The van der Waals surface area contributed by atoms with E-state index in [4.69, 9.17) is 0 Å². The van der Waals surface area contributed by atoms with Crippen molar-refractivity contribution in [3.8, 4) is 5.75 Å². The number of carbonyl (C=O) groups is 1. The fraction of sp³-hybridized carbons (Fsp3) is 0.500. The van der Waals surface area contributed by atoms with Crippen LogP contribution in [0.4, 0.5) is 0 Å². The highest BCUT2D eigenvalue weighted by Gasteiger charge is 2.19. The lowest BCUT2D eigenvalue weighted by Gasteiger charge is -2.27. The number of amides is 1. The predicted octanol–water partition coefficient (Wildman–Crippen LogP) is 1.46. The Hall–Kier alpha value is -1.55. The topological polar surface area (TPSA) is 52.6 Å². The van der Waals surface area contributed by atoms with Crippen molar-refractivity contribution in [2.24, 2.45) is 5.92 Å². The van der Waals surface area contributed by atoms with Crippen LogP contribution in [-0.2, 0) is 0 Å². The van der Waals surface area contributed by atoms with Gasteiger partial charge in [0.2, 0.25) is 0 Å². The molecule has 98 valence electrons. The Balaban J connectivity index is 1.95. The molecule has 0 aromatic heterocycles. The van der Waals surface area contributed by atoms with Crippen molar-refractivity contribution in [3.05, 3.63) is 29.8 Å². The monoisotopic (exact) mass is 248 g/mol. The molecule has 0 unspecified atom stereocenters. The van der Waals surface area contributed by atoms with Gasteiger partial charge in [-0.15, -0.1) is 0 Å². The summed E-state index contributed by atoms with van der Waals surface area (Å²) in [6.07, 6.45) is 2.25. The second kappa shape index (κ2) is 5.87. The van der Waals surface area contributed by atoms with E-state index >= 15 is 0 Å². The van der Waals surface area contributed by atoms with Crippen LogP contribution in [0.15, 0.2) is 24.3 Å². The van der Waals surface area contributed by atoms with Crippen molar-refractivity contribution in [3.63, 3.8) is 0 Å². The van der Waals surface area contributed by atoms with Crippen molar-refractivity contribution in [1.82, 2.24) is 10.2 Å². The maximum absolute atomic E-state index is 12.2. The molecule has 1 amide bonds. The zero-order valence-corrected chi connectivity index (χ0v) is 10.7. The van der Waals surface area contributed by atoms with Crippen molar-refractivity contribution in [2.45, 2.75) is 12.8 Å². The van der Waals surface area contributed by atoms with Crippen LogP contribution in [0, 0.1) is 5.92 Å². The number of hydrogen-bond donors (Lipinski definition) is 2. The molecule has 4 nitrogen and oxygen atoms in total. The van der Waals surface area contributed by atoms with Gasteiger partial charge < -0.3 is 15.3 Å². The summed E-state index contributed by atoms with van der Waals surface area (Å²) >= 11 is 0. The Morgan fingerprint density at radius 2 is 2.17 bits per heavy atom. The Morgan fingerprint density at radius 1 is 1.44 bits per heavy atom. The number of benzene rings is 1. The van der Waals surface area contributed by atoms with Gasteiger partial charge in [-0.05, 0) is 50.0 Å². The first-order valence-electron chi connectivity index (χ1n) is 6.42. The highest BCUT2D eigenvalue weighted by atomic mass is 16.3. The van der Waals surface area contributed by atoms with Crippen LogP contribution < -0.4 is 5.32 Å². The van der Waals surface area contributed by atoms with E-state index in [1.807, 2.05) is 7.05 Å². The van der Waals surface area contributed by atoms with Gasteiger partial charge in [0.15, 0.2) is 0 Å². The van der Waals surface area contributed by atoms with Gasteiger partial charge in [-0.2, -0.15) is 0 Å². The molecule has 0 bridgehead atoms. The molecular weight excluding hydrogens is 228 g/mol. The average Bonchev–Trinajstić information content (AvgIpc) is 2.39. The molecule has 1 saturated heterocycles. The summed E-state index contributed by atoms with van der Waals surface area (Å²) in [5.74, 6) is 0.693. The van der Waals surface area contributed by atoms with Crippen LogP contribution in [0.3, 0.4) is 0 Å². The van der Waals surface area contributed by atoms with Gasteiger partial charge >= 0.3 is 0 Å². The van der Waals surface area contributed by atoms with Crippen molar-refractivity contribution in [2.75, 3.05) is 26.7 Å². The Bertz CT molecular complexity index is 414. The molecule has 2 rings (SSSR count). The normalized spacial score (nSPS) is 16.5. The van der Waals surface area contributed by atoms with E-state index in [0.717, 1.165) is 32.5 Å². The molecule has 0 aliphatic carbocycles. The van der Waals surface area contributed by atoms with Gasteiger partial charge in [0, 0.05) is 19.2 Å². The SMILES string of the molecule is CN(CC1CCNCC1)C(=O)c1cccc(O)c1. The van der Waals surface area contributed by atoms with E-state index in [9.17, 15) is 9.90 Å². The minimum atomic E-state index is -0.0237. The van der Waals surface area contributed by atoms with Gasteiger partial charge in [-0.25, -0.2) is 0 Å². The Labute approximate surface area is 108 Å². The summed E-state index contributed by atoms with van der Waals surface area (Å²) < 4.78 is 0. The van der Waals surface area contributed by atoms with Gasteiger partial charge in [0.25, 0.3) is 5.91 Å². The standard InChI is InChI=1S/C14H20N2O2/c1-16(10-11-5-7-15-8-6-11)14(18)12-3-2-4-13(17)9-12/h2-4,9,11,15,17H,5-8,10H2,1H3. The molecule has 0 spiro atoms. The van der Waals surface area contributed by atoms with Crippen LogP contribution in [0.1, 0.15) is 23.2 Å². The number of phenolic OH excluding ortho intramolecular Hbond substituents is 1. The minimum Gasteiger partial charge on any atom is -0.508 e. The molecule has 1 aromatic rings. The largest absolute Gasteiger partial charge is 0.508 e. The van der Waals surface area contributed by atoms with Crippen LogP contribution in [0.2, 0.25) is 0 Å². The number of hydrogen-bond acceptors (Lipinski definition) is 3. The molecule has 1 aromatic carbocycles. The smallest absolute Gasteiger partial charge is 0.253 e. The first-order valence-corrected chi connectivity index (χ1v) is 6.42. The van der Waals surface area contributed by atoms with E-state index in [0.29, 0.717) is 11.5 Å². The fourth-order valence-electron chi connectivity index (χ4n) is 2.39. The van der Waals surface area contributed by atoms with E-state index in [2.05, 4.69) is 5.32 Å². The molecule has 1 aliphatic rings.